The summed E-state index contributed by atoms with van der Waals surface area (Å²) in [6.45, 7) is 1.25. The first-order valence-corrected chi connectivity index (χ1v) is 10.0. The summed E-state index contributed by atoms with van der Waals surface area (Å²) in [4.78, 5) is 24.9. The zero-order valence-corrected chi connectivity index (χ0v) is 17.3. The van der Waals surface area contributed by atoms with Crippen molar-refractivity contribution in [1.29, 1.82) is 0 Å². The largest absolute Gasteiger partial charge is 0.497 e. The van der Waals surface area contributed by atoms with E-state index in [4.69, 9.17) is 18.9 Å². The van der Waals surface area contributed by atoms with E-state index in [2.05, 4.69) is 5.32 Å². The summed E-state index contributed by atoms with van der Waals surface area (Å²) in [6.07, 6.45) is 0. The molecule has 7 nitrogen and oxygen atoms in total. The molecule has 0 saturated carbocycles. The van der Waals surface area contributed by atoms with E-state index in [0.29, 0.717) is 29.4 Å². The predicted octanol–water partition coefficient (Wildman–Crippen LogP) is 2.79. The highest BCUT2D eigenvalue weighted by Crippen LogP contribution is 2.23. The Morgan fingerprint density at radius 2 is 1.66 bits per heavy atom. The smallest absolute Gasteiger partial charge is 0.339 e. The van der Waals surface area contributed by atoms with E-state index in [1.807, 2.05) is 6.07 Å². The van der Waals surface area contributed by atoms with Crippen molar-refractivity contribution >= 4 is 23.6 Å². The van der Waals surface area contributed by atoms with Crippen LogP contribution in [0.1, 0.15) is 10.4 Å². The van der Waals surface area contributed by atoms with Crippen molar-refractivity contribution in [3.63, 3.8) is 0 Å². The van der Waals surface area contributed by atoms with Gasteiger partial charge in [-0.3, -0.25) is 4.79 Å². The van der Waals surface area contributed by atoms with Gasteiger partial charge in [-0.25, -0.2) is 4.79 Å². The van der Waals surface area contributed by atoms with Gasteiger partial charge in [0.2, 0.25) is 5.91 Å². The molecule has 1 amide bonds. The van der Waals surface area contributed by atoms with Gasteiger partial charge in [0.05, 0.1) is 25.0 Å². The molecule has 1 N–H and O–H groups in total. The maximum absolute atomic E-state index is 12.4. The minimum absolute atomic E-state index is 0.112. The maximum Gasteiger partial charge on any atom is 0.339 e. The minimum Gasteiger partial charge on any atom is -0.497 e. The molecule has 0 bridgehead atoms. The zero-order chi connectivity index (χ0) is 20.9. The highest BCUT2D eigenvalue weighted by Gasteiger charge is 2.14. The second kappa shape index (κ2) is 12.7. The number of carbonyl (C=O) groups is 2. The van der Waals surface area contributed by atoms with Crippen LogP contribution in [0.2, 0.25) is 0 Å². The summed E-state index contributed by atoms with van der Waals surface area (Å²) in [6, 6.07) is 14.2. The summed E-state index contributed by atoms with van der Waals surface area (Å²) in [5, 5.41) is 2.74. The highest BCUT2D eigenvalue weighted by molar-refractivity contribution is 8.00. The second-order valence-corrected chi connectivity index (χ2v) is 6.80. The molecule has 0 saturated heterocycles. The Balaban J connectivity index is 1.78. The van der Waals surface area contributed by atoms with Crippen LogP contribution in [0.3, 0.4) is 0 Å². The van der Waals surface area contributed by atoms with Crippen LogP contribution in [0.25, 0.3) is 0 Å². The number of hydrogen-bond donors (Lipinski definition) is 1. The number of methoxy groups -OCH3 is 2. The number of carbonyl (C=O) groups excluding carboxylic acids is 2. The normalized spacial score (nSPS) is 10.3. The molecule has 156 valence electrons. The quantitative estimate of drug-likeness (QED) is 0.322. The van der Waals surface area contributed by atoms with Crippen LogP contribution in [-0.4, -0.2) is 58.2 Å². The van der Waals surface area contributed by atoms with E-state index >= 15 is 0 Å². The van der Waals surface area contributed by atoms with E-state index in [0.717, 1.165) is 5.75 Å². The Kier molecular flexibility index (Phi) is 9.88. The summed E-state index contributed by atoms with van der Waals surface area (Å²) in [5.74, 6) is 1.03. The van der Waals surface area contributed by atoms with Crippen molar-refractivity contribution < 1.29 is 28.5 Å². The lowest BCUT2D eigenvalue weighted by molar-refractivity contribution is -0.118. The van der Waals surface area contributed by atoms with Gasteiger partial charge in [-0.1, -0.05) is 12.1 Å². The molecule has 0 radical (unpaired) electrons. The van der Waals surface area contributed by atoms with Gasteiger partial charge in [-0.2, -0.15) is 0 Å². The first-order valence-electron chi connectivity index (χ1n) is 9.05. The van der Waals surface area contributed by atoms with Crippen LogP contribution in [0.5, 0.6) is 11.5 Å². The van der Waals surface area contributed by atoms with Crippen molar-refractivity contribution in [2.24, 2.45) is 0 Å². The Morgan fingerprint density at radius 1 is 0.931 bits per heavy atom. The molecule has 0 aromatic heterocycles. The maximum atomic E-state index is 12.4. The first-order chi connectivity index (χ1) is 14.1. The molecule has 0 unspecified atom stereocenters. The molecule has 29 heavy (non-hydrogen) atoms. The average molecular weight is 419 g/mol. The fourth-order valence-corrected chi connectivity index (χ4v) is 3.16. The molecule has 2 aromatic carbocycles. The van der Waals surface area contributed by atoms with Crippen molar-refractivity contribution in [3.05, 3.63) is 54.1 Å². The third-order valence-corrected chi connectivity index (χ3v) is 4.81. The van der Waals surface area contributed by atoms with Gasteiger partial charge in [0.1, 0.15) is 24.7 Å². The van der Waals surface area contributed by atoms with E-state index in [-0.39, 0.29) is 24.9 Å². The van der Waals surface area contributed by atoms with Gasteiger partial charge >= 0.3 is 5.97 Å². The van der Waals surface area contributed by atoms with E-state index < -0.39 is 5.97 Å². The molecule has 0 aliphatic heterocycles. The lowest BCUT2D eigenvalue weighted by atomic mass is 10.2. The molecule has 8 heteroatoms. The van der Waals surface area contributed by atoms with E-state index in [9.17, 15) is 9.59 Å². The van der Waals surface area contributed by atoms with Gasteiger partial charge in [0, 0.05) is 18.6 Å². The summed E-state index contributed by atoms with van der Waals surface area (Å²) in [5.41, 5.74) is 0.423. The molecular formula is C21H25NO6S. The third kappa shape index (κ3) is 8.05. The molecule has 0 spiro atoms. The Hall–Kier alpha value is -2.71. The highest BCUT2D eigenvalue weighted by atomic mass is 32.2. The molecule has 0 aliphatic rings. The number of esters is 1. The third-order valence-electron chi connectivity index (χ3n) is 3.74. The average Bonchev–Trinajstić information content (AvgIpc) is 2.76. The fourth-order valence-electron chi connectivity index (χ4n) is 2.29. The fraction of sp³-hybridized carbons (Fsp3) is 0.333. The van der Waals surface area contributed by atoms with Gasteiger partial charge < -0.3 is 24.3 Å². The van der Waals surface area contributed by atoms with Crippen LogP contribution in [0.4, 0.5) is 0 Å². The lowest BCUT2D eigenvalue weighted by Crippen LogP contribution is -2.28. The van der Waals surface area contributed by atoms with Crippen LogP contribution < -0.4 is 14.8 Å². The van der Waals surface area contributed by atoms with Crippen molar-refractivity contribution in [2.45, 2.75) is 4.90 Å². The minimum atomic E-state index is -0.453. The number of rotatable bonds is 12. The SMILES string of the molecule is COCCNC(=O)CSc1ccccc1C(=O)OCCOc1ccc(OC)cc1. The molecular weight excluding hydrogens is 394 g/mol. The Labute approximate surface area is 174 Å². The molecule has 0 heterocycles. The van der Waals surface area contributed by atoms with E-state index in [1.54, 1.807) is 56.7 Å². The van der Waals surface area contributed by atoms with Crippen LogP contribution in [0, 0.1) is 0 Å². The monoisotopic (exact) mass is 419 g/mol. The Bertz CT molecular complexity index is 781. The lowest BCUT2D eigenvalue weighted by Gasteiger charge is -2.10. The molecule has 2 rings (SSSR count). The van der Waals surface area contributed by atoms with E-state index in [1.165, 1.54) is 11.8 Å². The molecule has 2 aromatic rings. The van der Waals surface area contributed by atoms with Crippen molar-refractivity contribution in [2.75, 3.05) is 46.3 Å². The van der Waals surface area contributed by atoms with Crippen LogP contribution >= 0.6 is 11.8 Å². The number of hydrogen-bond acceptors (Lipinski definition) is 7. The zero-order valence-electron chi connectivity index (χ0n) is 16.5. The predicted molar refractivity (Wildman–Crippen MR) is 111 cm³/mol. The molecule has 0 atom stereocenters. The van der Waals surface area contributed by atoms with Gasteiger partial charge in [0.15, 0.2) is 0 Å². The second-order valence-electron chi connectivity index (χ2n) is 5.79. The molecule has 0 aliphatic carbocycles. The molecule has 0 fully saturated rings. The number of amides is 1. The topological polar surface area (TPSA) is 83.1 Å². The summed E-state index contributed by atoms with van der Waals surface area (Å²) in [7, 11) is 3.17. The van der Waals surface area contributed by atoms with Gasteiger partial charge in [-0.05, 0) is 36.4 Å². The Morgan fingerprint density at radius 3 is 2.38 bits per heavy atom. The standard InChI is InChI=1S/C21H25NO6S/c1-25-12-11-22-20(23)15-29-19-6-4-3-5-18(19)21(24)28-14-13-27-17-9-7-16(26-2)8-10-17/h3-10H,11-15H2,1-2H3,(H,22,23). The van der Waals surface area contributed by atoms with Crippen molar-refractivity contribution in [1.82, 2.24) is 5.32 Å². The van der Waals surface area contributed by atoms with Gasteiger partial charge in [-0.15, -0.1) is 11.8 Å². The number of ether oxygens (including phenoxy) is 4. The van der Waals surface area contributed by atoms with Crippen LogP contribution in [-0.2, 0) is 14.3 Å². The first kappa shape index (κ1) is 22.6. The van der Waals surface area contributed by atoms with Crippen molar-refractivity contribution in [3.8, 4) is 11.5 Å². The van der Waals surface area contributed by atoms with Crippen LogP contribution in [0.15, 0.2) is 53.4 Å². The number of benzene rings is 2. The number of nitrogens with one attached hydrogen (secondary N) is 1. The van der Waals surface area contributed by atoms with Gasteiger partial charge in [0.25, 0.3) is 0 Å². The summed E-state index contributed by atoms with van der Waals surface area (Å²) < 4.78 is 20.8. The number of thioether (sulfide) groups is 1. The summed E-state index contributed by atoms with van der Waals surface area (Å²) >= 11 is 1.28.